The van der Waals surface area contributed by atoms with Gasteiger partial charge in [-0.2, -0.15) is 0 Å². The summed E-state index contributed by atoms with van der Waals surface area (Å²) in [5, 5.41) is 13.7. The minimum absolute atomic E-state index is 0.00162. The summed E-state index contributed by atoms with van der Waals surface area (Å²) in [4.78, 5) is 13.1. The van der Waals surface area contributed by atoms with Gasteiger partial charge < -0.3 is 10.4 Å². The standard InChI is InChI=1S/C29H43NO2S/c1-5-6-7-8-11-16-22(2)27(31)24(4)23(3)21-33-28(25-17-12-9-13-18-25)29(32)30-26-19-14-10-15-20-26/h9-10,12-15,17-20,22-24,27-28,31H,5-8,11,16,21H2,1-4H3,(H,30,32)/t22?,23?,24?,27?,28-/m0/s1. The fourth-order valence-corrected chi connectivity index (χ4v) is 5.54. The number of para-hydroxylation sites is 1. The van der Waals surface area contributed by atoms with Gasteiger partial charge in [-0.05, 0) is 47.6 Å². The molecule has 2 aromatic rings. The van der Waals surface area contributed by atoms with Gasteiger partial charge in [0.15, 0.2) is 0 Å². The van der Waals surface area contributed by atoms with E-state index in [4.69, 9.17) is 0 Å². The summed E-state index contributed by atoms with van der Waals surface area (Å²) in [6.45, 7) is 8.78. The van der Waals surface area contributed by atoms with Gasteiger partial charge in [-0.15, -0.1) is 11.8 Å². The molecule has 2 aromatic carbocycles. The lowest BCUT2D eigenvalue weighted by Gasteiger charge is -2.30. The van der Waals surface area contributed by atoms with E-state index in [9.17, 15) is 9.90 Å². The van der Waals surface area contributed by atoms with Crippen LogP contribution in [0.5, 0.6) is 0 Å². The van der Waals surface area contributed by atoms with Crippen molar-refractivity contribution in [2.45, 2.75) is 77.6 Å². The maximum Gasteiger partial charge on any atom is 0.241 e. The molecule has 1 amide bonds. The maximum absolute atomic E-state index is 13.1. The summed E-state index contributed by atoms with van der Waals surface area (Å²) >= 11 is 1.67. The van der Waals surface area contributed by atoms with Crippen LogP contribution in [-0.2, 0) is 4.79 Å². The van der Waals surface area contributed by atoms with Crippen molar-refractivity contribution >= 4 is 23.4 Å². The Morgan fingerprint density at radius 2 is 1.48 bits per heavy atom. The molecule has 0 fully saturated rings. The number of benzene rings is 2. The number of aliphatic hydroxyl groups excluding tert-OH is 1. The van der Waals surface area contributed by atoms with Gasteiger partial charge in [0.2, 0.25) is 5.91 Å². The second-order valence-corrected chi connectivity index (χ2v) is 10.6. The third-order valence-electron chi connectivity index (χ3n) is 6.69. The first-order valence-corrected chi connectivity index (χ1v) is 13.7. The van der Waals surface area contributed by atoms with Gasteiger partial charge in [0.05, 0.1) is 6.10 Å². The van der Waals surface area contributed by atoms with Crippen molar-refractivity contribution < 1.29 is 9.90 Å². The van der Waals surface area contributed by atoms with Crippen LogP contribution in [0.25, 0.3) is 0 Å². The Labute approximate surface area is 205 Å². The maximum atomic E-state index is 13.1. The monoisotopic (exact) mass is 469 g/mol. The van der Waals surface area contributed by atoms with Crippen LogP contribution in [0.15, 0.2) is 60.7 Å². The highest BCUT2D eigenvalue weighted by Crippen LogP contribution is 2.34. The number of nitrogens with one attached hydrogen (secondary N) is 1. The molecule has 0 aliphatic carbocycles. The first-order chi connectivity index (χ1) is 15.9. The number of thioether (sulfide) groups is 1. The van der Waals surface area contributed by atoms with E-state index in [1.165, 1.54) is 32.1 Å². The van der Waals surface area contributed by atoms with Crippen molar-refractivity contribution in [3.63, 3.8) is 0 Å². The van der Waals surface area contributed by atoms with E-state index >= 15 is 0 Å². The van der Waals surface area contributed by atoms with Crippen LogP contribution in [0.1, 0.15) is 77.0 Å². The summed E-state index contributed by atoms with van der Waals surface area (Å²) < 4.78 is 0. The summed E-state index contributed by atoms with van der Waals surface area (Å²) in [5.41, 5.74) is 1.82. The zero-order chi connectivity index (χ0) is 24.1. The van der Waals surface area contributed by atoms with Crippen LogP contribution in [0.3, 0.4) is 0 Å². The Kier molecular flexibility index (Phi) is 12.6. The summed E-state index contributed by atoms with van der Waals surface area (Å²) in [5.74, 6) is 1.63. The molecule has 2 rings (SSSR count). The number of aliphatic hydroxyl groups is 1. The van der Waals surface area contributed by atoms with Gasteiger partial charge in [0.1, 0.15) is 5.25 Å². The molecule has 3 nitrogen and oxygen atoms in total. The van der Waals surface area contributed by atoms with Gasteiger partial charge in [0, 0.05) is 5.69 Å². The molecule has 0 aliphatic rings. The molecule has 5 atom stereocenters. The normalized spacial score (nSPS) is 15.9. The smallest absolute Gasteiger partial charge is 0.241 e. The molecule has 4 heteroatoms. The average Bonchev–Trinajstić information content (AvgIpc) is 2.84. The zero-order valence-electron chi connectivity index (χ0n) is 20.9. The molecule has 4 unspecified atom stereocenters. The van der Waals surface area contributed by atoms with Gasteiger partial charge in [-0.1, -0.05) is 108 Å². The predicted molar refractivity (Wildman–Crippen MR) is 144 cm³/mol. The van der Waals surface area contributed by atoms with E-state index in [-0.39, 0.29) is 23.2 Å². The van der Waals surface area contributed by atoms with Crippen LogP contribution < -0.4 is 5.32 Å². The van der Waals surface area contributed by atoms with Crippen molar-refractivity contribution in [1.29, 1.82) is 0 Å². The van der Waals surface area contributed by atoms with Crippen molar-refractivity contribution in [2.75, 3.05) is 11.1 Å². The predicted octanol–water partition coefficient (Wildman–Crippen LogP) is 7.73. The van der Waals surface area contributed by atoms with Crippen molar-refractivity contribution in [2.24, 2.45) is 17.8 Å². The van der Waals surface area contributed by atoms with Gasteiger partial charge in [0.25, 0.3) is 0 Å². The quantitative estimate of drug-likeness (QED) is 0.262. The highest BCUT2D eigenvalue weighted by molar-refractivity contribution is 8.00. The van der Waals surface area contributed by atoms with E-state index in [2.05, 4.69) is 33.0 Å². The molecule has 0 saturated carbocycles. The molecule has 2 N–H and O–H groups in total. The van der Waals surface area contributed by atoms with Crippen molar-refractivity contribution in [3.05, 3.63) is 66.2 Å². The molecule has 0 radical (unpaired) electrons. The number of rotatable bonds is 15. The Bertz CT molecular complexity index is 783. The molecule has 0 aromatic heterocycles. The lowest BCUT2D eigenvalue weighted by Crippen LogP contribution is -2.31. The lowest BCUT2D eigenvalue weighted by atomic mass is 9.83. The van der Waals surface area contributed by atoms with E-state index in [0.717, 1.165) is 23.4 Å². The summed E-state index contributed by atoms with van der Waals surface area (Å²) in [6.07, 6.45) is 7.11. The molecule has 0 spiro atoms. The Balaban J connectivity index is 1.93. The lowest BCUT2D eigenvalue weighted by molar-refractivity contribution is -0.115. The first kappa shape index (κ1) is 27.5. The molecular weight excluding hydrogens is 426 g/mol. The molecule has 0 bridgehead atoms. The Hall–Kier alpha value is -1.78. The Morgan fingerprint density at radius 3 is 2.12 bits per heavy atom. The number of unbranched alkanes of at least 4 members (excludes halogenated alkanes) is 4. The molecule has 182 valence electrons. The van der Waals surface area contributed by atoms with Crippen LogP contribution in [0.4, 0.5) is 5.69 Å². The van der Waals surface area contributed by atoms with E-state index in [1.54, 1.807) is 11.8 Å². The minimum Gasteiger partial charge on any atom is -0.393 e. The highest BCUT2D eigenvalue weighted by atomic mass is 32.2. The van der Waals surface area contributed by atoms with Crippen LogP contribution in [0, 0.1) is 17.8 Å². The largest absolute Gasteiger partial charge is 0.393 e. The van der Waals surface area contributed by atoms with E-state index in [0.29, 0.717) is 11.8 Å². The average molecular weight is 470 g/mol. The Morgan fingerprint density at radius 1 is 0.879 bits per heavy atom. The highest BCUT2D eigenvalue weighted by Gasteiger charge is 2.28. The molecule has 33 heavy (non-hydrogen) atoms. The van der Waals surface area contributed by atoms with Gasteiger partial charge in [-0.25, -0.2) is 0 Å². The second-order valence-electron chi connectivity index (χ2n) is 9.49. The number of amides is 1. The van der Waals surface area contributed by atoms with Crippen molar-refractivity contribution in [1.82, 2.24) is 0 Å². The third-order valence-corrected chi connectivity index (χ3v) is 8.23. The van der Waals surface area contributed by atoms with Gasteiger partial charge >= 0.3 is 0 Å². The van der Waals surface area contributed by atoms with Gasteiger partial charge in [-0.3, -0.25) is 4.79 Å². The summed E-state index contributed by atoms with van der Waals surface area (Å²) in [7, 11) is 0. The second kappa shape index (κ2) is 15.2. The number of carbonyl (C=O) groups is 1. The molecular formula is C29H43NO2S. The van der Waals surface area contributed by atoms with Crippen LogP contribution in [0.2, 0.25) is 0 Å². The van der Waals surface area contributed by atoms with Crippen LogP contribution in [-0.4, -0.2) is 22.9 Å². The van der Waals surface area contributed by atoms with E-state index in [1.807, 2.05) is 60.7 Å². The zero-order valence-corrected chi connectivity index (χ0v) is 21.7. The molecule has 0 heterocycles. The van der Waals surface area contributed by atoms with E-state index < -0.39 is 0 Å². The number of hydrogen-bond donors (Lipinski definition) is 2. The molecule has 0 aliphatic heterocycles. The number of carbonyl (C=O) groups excluding carboxylic acids is 1. The minimum atomic E-state index is -0.305. The summed E-state index contributed by atoms with van der Waals surface area (Å²) in [6, 6.07) is 19.6. The fraction of sp³-hybridized carbons (Fsp3) is 0.552. The SMILES string of the molecule is CCCCCCCC(C)C(O)C(C)C(C)CS[C@H](C(=O)Nc1ccccc1)c1ccccc1. The molecule has 0 saturated heterocycles. The fourth-order valence-electron chi connectivity index (χ4n) is 4.18. The number of hydrogen-bond acceptors (Lipinski definition) is 3. The number of anilines is 1. The first-order valence-electron chi connectivity index (χ1n) is 12.6. The topological polar surface area (TPSA) is 49.3 Å². The van der Waals surface area contributed by atoms with Crippen molar-refractivity contribution in [3.8, 4) is 0 Å². The third kappa shape index (κ3) is 9.54. The van der Waals surface area contributed by atoms with Crippen LogP contribution >= 0.6 is 11.8 Å².